The number of nitrogens with zero attached hydrogens (tertiary/aromatic N) is 2. The SMILES string of the molecule is COc1ccc(CC(=O)Nc2nnc(COc3cccc(C)c3)s2)cc1OC. The molecular weight excluding hydrogens is 378 g/mol. The summed E-state index contributed by atoms with van der Waals surface area (Å²) in [5.74, 6) is 1.79. The molecule has 1 N–H and O–H groups in total. The fourth-order valence-corrected chi connectivity index (χ4v) is 3.22. The van der Waals surface area contributed by atoms with Crippen LogP contribution in [-0.4, -0.2) is 30.3 Å². The van der Waals surface area contributed by atoms with E-state index in [0.29, 0.717) is 28.2 Å². The fraction of sp³-hybridized carbons (Fsp3) is 0.250. The number of methoxy groups -OCH3 is 2. The van der Waals surface area contributed by atoms with E-state index in [-0.39, 0.29) is 12.3 Å². The van der Waals surface area contributed by atoms with E-state index in [4.69, 9.17) is 14.2 Å². The zero-order valence-electron chi connectivity index (χ0n) is 15.9. The van der Waals surface area contributed by atoms with Gasteiger partial charge in [-0.3, -0.25) is 4.79 Å². The smallest absolute Gasteiger partial charge is 0.230 e. The molecular formula is C20H21N3O4S. The number of carbonyl (C=O) groups is 1. The molecule has 146 valence electrons. The van der Waals surface area contributed by atoms with Gasteiger partial charge in [0.05, 0.1) is 20.6 Å². The summed E-state index contributed by atoms with van der Waals surface area (Å²) in [5, 5.41) is 11.9. The molecule has 3 rings (SSSR count). The summed E-state index contributed by atoms with van der Waals surface area (Å²) < 4.78 is 16.2. The number of ether oxygens (including phenoxy) is 3. The number of amides is 1. The van der Waals surface area contributed by atoms with Gasteiger partial charge in [-0.05, 0) is 42.3 Å². The second-order valence-corrected chi connectivity index (χ2v) is 7.08. The van der Waals surface area contributed by atoms with Crippen LogP contribution in [0.4, 0.5) is 5.13 Å². The highest BCUT2D eigenvalue weighted by atomic mass is 32.1. The Kier molecular flexibility index (Phi) is 6.44. The Balaban J connectivity index is 1.55. The highest BCUT2D eigenvalue weighted by molar-refractivity contribution is 7.15. The van der Waals surface area contributed by atoms with Crippen molar-refractivity contribution >= 4 is 22.4 Å². The Morgan fingerprint density at radius 3 is 2.64 bits per heavy atom. The lowest BCUT2D eigenvalue weighted by Gasteiger charge is -2.09. The predicted octanol–water partition coefficient (Wildman–Crippen LogP) is 3.62. The van der Waals surface area contributed by atoms with E-state index >= 15 is 0 Å². The number of aromatic nitrogens is 2. The Morgan fingerprint density at radius 2 is 1.89 bits per heavy atom. The average Bonchev–Trinajstić information content (AvgIpc) is 3.13. The van der Waals surface area contributed by atoms with E-state index in [0.717, 1.165) is 16.9 Å². The van der Waals surface area contributed by atoms with Crippen molar-refractivity contribution in [2.24, 2.45) is 0 Å². The molecule has 0 aliphatic heterocycles. The molecule has 0 aliphatic carbocycles. The van der Waals surface area contributed by atoms with E-state index < -0.39 is 0 Å². The number of nitrogens with one attached hydrogen (secondary N) is 1. The van der Waals surface area contributed by atoms with Gasteiger partial charge in [0.2, 0.25) is 11.0 Å². The number of anilines is 1. The molecule has 0 saturated carbocycles. The van der Waals surface area contributed by atoms with Gasteiger partial charge in [-0.15, -0.1) is 10.2 Å². The van der Waals surface area contributed by atoms with Crippen LogP contribution in [0.3, 0.4) is 0 Å². The largest absolute Gasteiger partial charge is 0.493 e. The summed E-state index contributed by atoms with van der Waals surface area (Å²) in [6.07, 6.45) is 0.190. The molecule has 0 atom stereocenters. The van der Waals surface area contributed by atoms with Crippen molar-refractivity contribution in [2.45, 2.75) is 20.0 Å². The Labute approximate surface area is 167 Å². The first-order valence-corrected chi connectivity index (χ1v) is 9.41. The van der Waals surface area contributed by atoms with Gasteiger partial charge in [-0.2, -0.15) is 0 Å². The maximum absolute atomic E-state index is 12.3. The van der Waals surface area contributed by atoms with Crippen LogP contribution >= 0.6 is 11.3 Å². The van der Waals surface area contributed by atoms with E-state index in [1.54, 1.807) is 26.4 Å². The van der Waals surface area contributed by atoms with Crippen LogP contribution in [0.1, 0.15) is 16.1 Å². The Hall–Kier alpha value is -3.13. The minimum atomic E-state index is -0.186. The van der Waals surface area contributed by atoms with Gasteiger partial charge in [0.1, 0.15) is 12.4 Å². The number of benzene rings is 2. The molecule has 0 bridgehead atoms. The normalized spacial score (nSPS) is 10.4. The first-order valence-electron chi connectivity index (χ1n) is 8.60. The molecule has 1 aromatic heterocycles. The van der Waals surface area contributed by atoms with Crippen molar-refractivity contribution in [3.63, 3.8) is 0 Å². The van der Waals surface area contributed by atoms with E-state index in [1.807, 2.05) is 37.3 Å². The molecule has 1 heterocycles. The second kappa shape index (κ2) is 9.18. The van der Waals surface area contributed by atoms with E-state index in [1.165, 1.54) is 11.3 Å². The lowest BCUT2D eigenvalue weighted by Crippen LogP contribution is -2.14. The summed E-state index contributed by atoms with van der Waals surface area (Å²) >= 11 is 1.29. The number of hydrogen-bond acceptors (Lipinski definition) is 7. The molecule has 28 heavy (non-hydrogen) atoms. The molecule has 0 radical (unpaired) electrons. The number of carbonyl (C=O) groups excluding carboxylic acids is 1. The molecule has 0 spiro atoms. The van der Waals surface area contributed by atoms with Crippen molar-refractivity contribution in [3.05, 3.63) is 58.6 Å². The van der Waals surface area contributed by atoms with Crippen LogP contribution in [0.15, 0.2) is 42.5 Å². The maximum atomic E-state index is 12.3. The highest BCUT2D eigenvalue weighted by Gasteiger charge is 2.11. The van der Waals surface area contributed by atoms with E-state index in [2.05, 4.69) is 15.5 Å². The lowest BCUT2D eigenvalue weighted by atomic mass is 10.1. The summed E-state index contributed by atoms with van der Waals surface area (Å²) in [5.41, 5.74) is 1.93. The predicted molar refractivity (Wildman–Crippen MR) is 107 cm³/mol. The van der Waals surface area contributed by atoms with Crippen molar-refractivity contribution in [1.82, 2.24) is 10.2 Å². The monoisotopic (exact) mass is 399 g/mol. The van der Waals surface area contributed by atoms with Gasteiger partial charge in [0.15, 0.2) is 16.5 Å². The van der Waals surface area contributed by atoms with Crippen LogP contribution < -0.4 is 19.5 Å². The summed E-state index contributed by atoms with van der Waals surface area (Å²) in [6.45, 7) is 2.30. The van der Waals surface area contributed by atoms with E-state index in [9.17, 15) is 4.79 Å². The third kappa shape index (κ3) is 5.20. The van der Waals surface area contributed by atoms with Crippen LogP contribution in [0, 0.1) is 6.92 Å². The first kappa shape index (κ1) is 19.6. The van der Waals surface area contributed by atoms with Crippen molar-refractivity contribution < 1.29 is 19.0 Å². The summed E-state index contributed by atoms with van der Waals surface area (Å²) in [4.78, 5) is 12.3. The van der Waals surface area contributed by atoms with Crippen molar-refractivity contribution in [1.29, 1.82) is 0 Å². The Bertz CT molecular complexity index is 958. The van der Waals surface area contributed by atoms with Gasteiger partial charge in [-0.1, -0.05) is 29.5 Å². The van der Waals surface area contributed by atoms with Gasteiger partial charge in [0.25, 0.3) is 0 Å². The molecule has 0 fully saturated rings. The van der Waals surface area contributed by atoms with Crippen molar-refractivity contribution in [3.8, 4) is 17.2 Å². The maximum Gasteiger partial charge on any atom is 0.230 e. The summed E-state index contributed by atoms with van der Waals surface area (Å²) in [7, 11) is 3.13. The zero-order valence-corrected chi connectivity index (χ0v) is 16.7. The third-order valence-corrected chi connectivity index (χ3v) is 4.69. The summed E-state index contributed by atoms with van der Waals surface area (Å²) in [6, 6.07) is 13.1. The molecule has 7 nitrogen and oxygen atoms in total. The topological polar surface area (TPSA) is 82.6 Å². The quantitative estimate of drug-likeness (QED) is 0.623. The van der Waals surface area contributed by atoms with Gasteiger partial charge in [0, 0.05) is 0 Å². The first-order chi connectivity index (χ1) is 13.6. The third-order valence-electron chi connectivity index (χ3n) is 3.88. The minimum absolute atomic E-state index is 0.186. The van der Waals surface area contributed by atoms with Crippen LogP contribution in [-0.2, 0) is 17.8 Å². The molecule has 0 unspecified atom stereocenters. The van der Waals surface area contributed by atoms with Crippen LogP contribution in [0.2, 0.25) is 0 Å². The molecule has 8 heteroatoms. The van der Waals surface area contributed by atoms with Crippen LogP contribution in [0.5, 0.6) is 17.2 Å². The van der Waals surface area contributed by atoms with Gasteiger partial charge < -0.3 is 19.5 Å². The van der Waals surface area contributed by atoms with Gasteiger partial charge in [-0.25, -0.2) is 0 Å². The van der Waals surface area contributed by atoms with Crippen LogP contribution in [0.25, 0.3) is 0 Å². The Morgan fingerprint density at radius 1 is 1.07 bits per heavy atom. The molecule has 1 amide bonds. The second-order valence-electron chi connectivity index (χ2n) is 6.02. The molecule has 2 aromatic carbocycles. The molecule has 0 aliphatic rings. The molecule has 3 aromatic rings. The number of rotatable bonds is 8. The fourth-order valence-electron chi connectivity index (χ4n) is 2.55. The van der Waals surface area contributed by atoms with Gasteiger partial charge >= 0.3 is 0 Å². The molecule has 0 saturated heterocycles. The highest BCUT2D eigenvalue weighted by Crippen LogP contribution is 2.28. The zero-order chi connectivity index (χ0) is 19.9. The van der Waals surface area contributed by atoms with Crippen molar-refractivity contribution in [2.75, 3.05) is 19.5 Å². The standard InChI is InChI=1S/C20H21N3O4S/c1-13-5-4-6-15(9-13)27-12-19-22-23-20(28-19)21-18(24)11-14-7-8-16(25-2)17(10-14)26-3/h4-10H,11-12H2,1-3H3,(H,21,23,24). The minimum Gasteiger partial charge on any atom is -0.493 e. The number of aryl methyl sites for hydroxylation is 1. The average molecular weight is 399 g/mol. The number of hydrogen-bond donors (Lipinski definition) is 1. The lowest BCUT2D eigenvalue weighted by molar-refractivity contribution is -0.115.